The van der Waals surface area contributed by atoms with E-state index >= 15 is 0 Å². The number of nitrogens with one attached hydrogen (secondary N) is 1. The summed E-state index contributed by atoms with van der Waals surface area (Å²) in [6.45, 7) is -2.75. The molecule has 1 fully saturated rings. The average Bonchev–Trinajstić information content (AvgIpc) is 3.06. The smallest absolute Gasteiger partial charge is 0.387 e. The zero-order valence-corrected chi connectivity index (χ0v) is 11.5. The maximum absolute atomic E-state index is 12.4. The van der Waals surface area contributed by atoms with Crippen molar-refractivity contribution in [2.75, 3.05) is 6.54 Å². The molecule has 1 aliphatic rings. The minimum Gasteiger partial charge on any atom is -0.435 e. The van der Waals surface area contributed by atoms with Crippen molar-refractivity contribution in [3.05, 3.63) is 23.8 Å². The molecule has 0 bridgehead atoms. The second-order valence-corrected chi connectivity index (χ2v) is 5.13. The molecular weight excluding hydrogens is 290 g/mol. The number of hydrogen-bond acceptors (Lipinski definition) is 3. The first kappa shape index (κ1) is 15.9. The molecule has 0 aromatic heterocycles. The Morgan fingerprint density at radius 1 is 1.19 bits per heavy atom. The molecule has 1 aromatic rings. The highest BCUT2D eigenvalue weighted by Crippen LogP contribution is 2.37. The van der Waals surface area contributed by atoms with E-state index in [2.05, 4.69) is 21.7 Å². The highest BCUT2D eigenvalue weighted by Gasteiger charge is 2.31. The standard InChI is InChI=1S/C14H17F4NO2/c1-8-4-10(8)7-19-6-9-2-3-11(20-13(15)16)5-12(9)21-14(17)18/h2-3,5,8,10,13-14,19H,4,6-7H2,1H3. The number of alkyl halides is 4. The lowest BCUT2D eigenvalue weighted by atomic mass is 10.2. The molecular formula is C14H17F4NO2. The third kappa shape index (κ3) is 5.08. The first-order valence-electron chi connectivity index (χ1n) is 6.69. The van der Waals surface area contributed by atoms with Crippen molar-refractivity contribution in [1.82, 2.24) is 5.32 Å². The Morgan fingerprint density at radius 3 is 2.43 bits per heavy atom. The third-order valence-electron chi connectivity index (χ3n) is 3.48. The average molecular weight is 307 g/mol. The van der Waals surface area contributed by atoms with Crippen molar-refractivity contribution < 1.29 is 27.0 Å². The van der Waals surface area contributed by atoms with Gasteiger partial charge in [-0.15, -0.1) is 0 Å². The van der Waals surface area contributed by atoms with Gasteiger partial charge in [0.05, 0.1) is 0 Å². The van der Waals surface area contributed by atoms with Gasteiger partial charge in [0, 0.05) is 18.2 Å². The molecule has 0 spiro atoms. The summed E-state index contributed by atoms with van der Waals surface area (Å²) in [5.41, 5.74) is 0.477. The number of hydrogen-bond donors (Lipinski definition) is 1. The van der Waals surface area contributed by atoms with Crippen molar-refractivity contribution in [2.45, 2.75) is 33.1 Å². The van der Waals surface area contributed by atoms with Gasteiger partial charge in [0.15, 0.2) is 0 Å². The van der Waals surface area contributed by atoms with E-state index in [1.165, 1.54) is 12.1 Å². The van der Waals surface area contributed by atoms with Crippen LogP contribution in [0.2, 0.25) is 0 Å². The number of halogens is 4. The van der Waals surface area contributed by atoms with Gasteiger partial charge in [0.1, 0.15) is 11.5 Å². The first-order valence-corrected chi connectivity index (χ1v) is 6.69. The lowest BCUT2D eigenvalue weighted by molar-refractivity contribution is -0.0546. The third-order valence-corrected chi connectivity index (χ3v) is 3.48. The van der Waals surface area contributed by atoms with Crippen molar-refractivity contribution in [3.8, 4) is 11.5 Å². The van der Waals surface area contributed by atoms with Crippen LogP contribution < -0.4 is 14.8 Å². The van der Waals surface area contributed by atoms with Gasteiger partial charge < -0.3 is 14.8 Å². The van der Waals surface area contributed by atoms with Gasteiger partial charge in [-0.2, -0.15) is 17.6 Å². The molecule has 7 heteroatoms. The van der Waals surface area contributed by atoms with E-state index in [9.17, 15) is 17.6 Å². The lowest BCUT2D eigenvalue weighted by Gasteiger charge is -2.13. The summed E-state index contributed by atoms with van der Waals surface area (Å²) in [7, 11) is 0. The summed E-state index contributed by atoms with van der Waals surface area (Å²) in [6.07, 6.45) is 1.16. The summed E-state index contributed by atoms with van der Waals surface area (Å²) in [5.74, 6) is 0.946. The largest absolute Gasteiger partial charge is 0.435 e. The fourth-order valence-corrected chi connectivity index (χ4v) is 2.14. The minimum absolute atomic E-state index is 0.153. The predicted octanol–water partition coefficient (Wildman–Crippen LogP) is 3.64. The highest BCUT2D eigenvalue weighted by molar-refractivity contribution is 5.40. The zero-order valence-electron chi connectivity index (χ0n) is 11.5. The van der Waals surface area contributed by atoms with Gasteiger partial charge in [-0.1, -0.05) is 13.0 Å². The van der Waals surface area contributed by atoms with Crippen LogP contribution in [0.4, 0.5) is 17.6 Å². The van der Waals surface area contributed by atoms with Crippen LogP contribution in [0.5, 0.6) is 11.5 Å². The quantitative estimate of drug-likeness (QED) is 0.744. The van der Waals surface area contributed by atoms with Crippen LogP contribution in [0.3, 0.4) is 0 Å². The van der Waals surface area contributed by atoms with Gasteiger partial charge >= 0.3 is 13.2 Å². The number of rotatable bonds is 8. The van der Waals surface area contributed by atoms with Crippen molar-refractivity contribution in [1.29, 1.82) is 0 Å². The summed E-state index contributed by atoms with van der Waals surface area (Å²) in [5, 5.41) is 3.15. The minimum atomic E-state index is -3.02. The molecule has 0 aliphatic heterocycles. The van der Waals surface area contributed by atoms with E-state index in [1.54, 1.807) is 0 Å². The highest BCUT2D eigenvalue weighted by atomic mass is 19.3. The van der Waals surface area contributed by atoms with Crippen LogP contribution in [0.15, 0.2) is 18.2 Å². The SMILES string of the molecule is CC1CC1CNCc1ccc(OC(F)F)cc1OC(F)F. The Balaban J connectivity index is 1.99. The topological polar surface area (TPSA) is 30.5 Å². The van der Waals surface area contributed by atoms with Gasteiger partial charge in [-0.25, -0.2) is 0 Å². The molecule has 2 atom stereocenters. The van der Waals surface area contributed by atoms with Crippen LogP contribution >= 0.6 is 0 Å². The predicted molar refractivity (Wildman–Crippen MR) is 68.7 cm³/mol. The maximum Gasteiger partial charge on any atom is 0.387 e. The van der Waals surface area contributed by atoms with Crippen LogP contribution in [-0.2, 0) is 6.54 Å². The van der Waals surface area contributed by atoms with Gasteiger partial charge in [-0.3, -0.25) is 0 Å². The molecule has 2 unspecified atom stereocenters. The Bertz CT molecular complexity index is 470. The molecule has 1 N–H and O–H groups in total. The molecule has 0 amide bonds. The monoisotopic (exact) mass is 307 g/mol. The maximum atomic E-state index is 12.4. The second kappa shape index (κ2) is 6.98. The zero-order chi connectivity index (χ0) is 15.4. The van der Waals surface area contributed by atoms with E-state index in [4.69, 9.17) is 0 Å². The van der Waals surface area contributed by atoms with Crippen LogP contribution in [-0.4, -0.2) is 19.8 Å². The van der Waals surface area contributed by atoms with Crippen molar-refractivity contribution in [2.24, 2.45) is 11.8 Å². The molecule has 3 nitrogen and oxygen atoms in total. The fourth-order valence-electron chi connectivity index (χ4n) is 2.14. The molecule has 1 aliphatic carbocycles. The normalized spacial score (nSPS) is 20.9. The van der Waals surface area contributed by atoms with E-state index in [-0.39, 0.29) is 11.5 Å². The van der Waals surface area contributed by atoms with Gasteiger partial charge in [-0.05, 0) is 30.9 Å². The first-order chi connectivity index (χ1) is 9.95. The summed E-state index contributed by atoms with van der Waals surface area (Å²) in [4.78, 5) is 0. The van der Waals surface area contributed by atoms with E-state index in [0.29, 0.717) is 23.9 Å². The van der Waals surface area contributed by atoms with Crippen LogP contribution in [0.1, 0.15) is 18.9 Å². The molecule has 1 saturated carbocycles. The van der Waals surface area contributed by atoms with Crippen molar-refractivity contribution in [3.63, 3.8) is 0 Å². The Hall–Kier alpha value is -1.50. The van der Waals surface area contributed by atoms with Crippen LogP contribution in [0, 0.1) is 11.8 Å². The van der Waals surface area contributed by atoms with E-state index in [1.807, 2.05) is 0 Å². The molecule has 21 heavy (non-hydrogen) atoms. The second-order valence-electron chi connectivity index (χ2n) is 5.13. The lowest BCUT2D eigenvalue weighted by Crippen LogP contribution is -2.18. The Labute approximate surface area is 120 Å². The van der Waals surface area contributed by atoms with Gasteiger partial charge in [0.2, 0.25) is 0 Å². The summed E-state index contributed by atoms with van der Waals surface area (Å²) >= 11 is 0. The number of ether oxygens (including phenoxy) is 2. The summed E-state index contributed by atoms with van der Waals surface area (Å²) < 4.78 is 57.5. The van der Waals surface area contributed by atoms with Crippen LogP contribution in [0.25, 0.3) is 0 Å². The number of benzene rings is 1. The Morgan fingerprint density at radius 2 is 1.86 bits per heavy atom. The fraction of sp³-hybridized carbons (Fsp3) is 0.571. The van der Waals surface area contributed by atoms with E-state index < -0.39 is 13.2 Å². The molecule has 0 radical (unpaired) electrons. The molecule has 2 rings (SSSR count). The van der Waals surface area contributed by atoms with Gasteiger partial charge in [0.25, 0.3) is 0 Å². The Kier molecular flexibility index (Phi) is 5.27. The van der Waals surface area contributed by atoms with E-state index in [0.717, 1.165) is 19.0 Å². The molecule has 0 saturated heterocycles. The molecule has 0 heterocycles. The molecule has 1 aromatic carbocycles. The molecule has 118 valence electrons. The van der Waals surface area contributed by atoms with Crippen molar-refractivity contribution >= 4 is 0 Å². The summed E-state index contributed by atoms with van der Waals surface area (Å²) in [6, 6.07) is 3.80.